The molecule has 1 aromatic rings. The third-order valence-corrected chi connectivity index (χ3v) is 5.07. The van der Waals surface area contributed by atoms with Crippen molar-refractivity contribution in [2.24, 2.45) is 0 Å². The van der Waals surface area contributed by atoms with E-state index in [1.54, 1.807) is 4.90 Å². The summed E-state index contributed by atoms with van der Waals surface area (Å²) in [4.78, 5) is 25.2. The quantitative estimate of drug-likeness (QED) is 0.480. The smallest absolute Gasteiger partial charge is 0.318 e. The maximum Gasteiger partial charge on any atom is 0.318 e. The van der Waals surface area contributed by atoms with E-state index in [4.69, 9.17) is 9.72 Å². The van der Waals surface area contributed by atoms with Crippen molar-refractivity contribution >= 4 is 11.7 Å². The second-order valence-corrected chi connectivity index (χ2v) is 7.00. The van der Waals surface area contributed by atoms with E-state index >= 15 is 0 Å². The van der Waals surface area contributed by atoms with Crippen LogP contribution in [0.4, 0.5) is 5.82 Å². The Morgan fingerprint density at radius 3 is 2.79 bits per heavy atom. The van der Waals surface area contributed by atoms with Crippen LogP contribution in [0.3, 0.4) is 0 Å². The van der Waals surface area contributed by atoms with E-state index in [0.717, 1.165) is 42.8 Å². The van der Waals surface area contributed by atoms with Crippen LogP contribution < -0.4 is 9.64 Å². The lowest BCUT2D eigenvalue weighted by atomic mass is 10.1. The zero-order valence-electron chi connectivity index (χ0n) is 17.3. The average Bonchev–Trinajstić information content (AvgIpc) is 2.70. The first-order valence-corrected chi connectivity index (χ1v) is 10.1. The van der Waals surface area contributed by atoms with E-state index < -0.39 is 0 Å². The van der Waals surface area contributed by atoms with Crippen molar-refractivity contribution in [3.05, 3.63) is 23.9 Å². The molecule has 1 saturated heterocycles. The molecule has 7 heteroatoms. The number of rotatable bonds is 9. The fourth-order valence-electron chi connectivity index (χ4n) is 3.55. The van der Waals surface area contributed by atoms with Gasteiger partial charge in [-0.3, -0.25) is 4.79 Å². The number of carbonyl (C=O) groups excluding carboxylic acids is 1. The highest BCUT2D eigenvalue weighted by molar-refractivity contribution is 5.87. The van der Waals surface area contributed by atoms with E-state index in [9.17, 15) is 10.1 Å². The summed E-state index contributed by atoms with van der Waals surface area (Å²) in [6, 6.07) is 2.42. The molecule has 1 aliphatic rings. The molecule has 1 fully saturated rings. The number of anilines is 1. The van der Waals surface area contributed by atoms with Gasteiger partial charge in [-0.15, -0.1) is 0 Å². The van der Waals surface area contributed by atoms with Gasteiger partial charge in [-0.1, -0.05) is 33.3 Å². The van der Waals surface area contributed by atoms with E-state index in [-0.39, 0.29) is 18.4 Å². The zero-order chi connectivity index (χ0) is 20.5. The number of hydrogen-bond donors (Lipinski definition) is 0. The molecule has 1 aromatic heterocycles. The Balaban J connectivity index is 2.24. The summed E-state index contributed by atoms with van der Waals surface area (Å²) in [5.41, 5.74) is 2.00. The number of aromatic nitrogens is 2. The van der Waals surface area contributed by atoms with E-state index in [2.05, 4.69) is 36.4 Å². The minimum absolute atomic E-state index is 0.130. The monoisotopic (exact) mass is 385 g/mol. The first-order valence-electron chi connectivity index (χ1n) is 10.1. The molecule has 1 atom stereocenters. The topological polar surface area (TPSA) is 82.3 Å². The fraction of sp³-hybridized carbons (Fsp3) is 0.619. The summed E-state index contributed by atoms with van der Waals surface area (Å²) >= 11 is 0. The van der Waals surface area contributed by atoms with Gasteiger partial charge in [0.25, 0.3) is 0 Å². The van der Waals surface area contributed by atoms with Crippen molar-refractivity contribution in [1.29, 1.82) is 5.26 Å². The minimum atomic E-state index is -0.182. The van der Waals surface area contributed by atoms with Crippen LogP contribution in [-0.4, -0.2) is 53.1 Å². The van der Waals surface area contributed by atoms with Crippen LogP contribution in [0.2, 0.25) is 0 Å². The average molecular weight is 386 g/mol. The van der Waals surface area contributed by atoms with Crippen LogP contribution in [0.5, 0.6) is 6.01 Å². The van der Waals surface area contributed by atoms with Crippen LogP contribution >= 0.6 is 0 Å². The Labute approximate surface area is 168 Å². The van der Waals surface area contributed by atoms with Gasteiger partial charge in [-0.05, 0) is 25.8 Å². The second kappa shape index (κ2) is 10.6. The van der Waals surface area contributed by atoms with Crippen molar-refractivity contribution in [2.45, 2.75) is 58.9 Å². The van der Waals surface area contributed by atoms with Crippen LogP contribution in [0.15, 0.2) is 12.7 Å². The maximum absolute atomic E-state index is 12.1. The van der Waals surface area contributed by atoms with Gasteiger partial charge < -0.3 is 14.5 Å². The normalized spacial score (nSPS) is 16.6. The van der Waals surface area contributed by atoms with Gasteiger partial charge in [0.2, 0.25) is 5.91 Å². The summed E-state index contributed by atoms with van der Waals surface area (Å²) in [6.07, 6.45) is 5.64. The second-order valence-electron chi connectivity index (χ2n) is 7.00. The summed E-state index contributed by atoms with van der Waals surface area (Å²) in [7, 11) is 0. The number of aryl methyl sites for hydroxylation is 1. The molecule has 0 radical (unpaired) electrons. The summed E-state index contributed by atoms with van der Waals surface area (Å²) in [5.74, 6) is 0.726. The molecule has 0 N–H and O–H groups in total. The third-order valence-electron chi connectivity index (χ3n) is 5.07. The van der Waals surface area contributed by atoms with Crippen molar-refractivity contribution in [3.8, 4) is 12.1 Å². The van der Waals surface area contributed by atoms with Gasteiger partial charge in [-0.2, -0.15) is 10.2 Å². The van der Waals surface area contributed by atoms with Gasteiger partial charge in [0.1, 0.15) is 5.82 Å². The zero-order valence-corrected chi connectivity index (χ0v) is 17.3. The summed E-state index contributed by atoms with van der Waals surface area (Å²) in [5, 5.41) is 9.20. The number of ether oxygens (including phenoxy) is 1. The molecule has 152 valence electrons. The van der Waals surface area contributed by atoms with Gasteiger partial charge >= 0.3 is 6.01 Å². The Morgan fingerprint density at radius 1 is 1.36 bits per heavy atom. The maximum atomic E-state index is 12.1. The Morgan fingerprint density at radius 2 is 2.14 bits per heavy atom. The molecule has 0 bridgehead atoms. The van der Waals surface area contributed by atoms with Gasteiger partial charge in [0, 0.05) is 30.9 Å². The summed E-state index contributed by atoms with van der Waals surface area (Å²) in [6.45, 7) is 12.2. The molecule has 1 amide bonds. The standard InChI is InChI=1S/C21H31N5O2/c1-5-8-9-14-28-21-23-16(4)18(6-2)20(24-21)25-12-13-26(19(27)7-3)17(15-25)10-11-22/h7,17H,3,5-6,8-10,12-15H2,1-2,4H3. The predicted octanol–water partition coefficient (Wildman–Crippen LogP) is 3.03. The van der Waals surface area contributed by atoms with Crippen LogP contribution in [0.25, 0.3) is 0 Å². The molecule has 0 saturated carbocycles. The van der Waals surface area contributed by atoms with Crippen LogP contribution in [-0.2, 0) is 11.2 Å². The number of nitrogens with zero attached hydrogens (tertiary/aromatic N) is 5. The Hall–Kier alpha value is -2.62. The lowest BCUT2D eigenvalue weighted by Crippen LogP contribution is -2.55. The lowest BCUT2D eigenvalue weighted by Gasteiger charge is -2.41. The molecular weight excluding hydrogens is 354 g/mol. The van der Waals surface area contributed by atoms with E-state index in [1.165, 1.54) is 6.08 Å². The summed E-state index contributed by atoms with van der Waals surface area (Å²) < 4.78 is 5.79. The fourth-order valence-corrected chi connectivity index (χ4v) is 3.55. The van der Waals surface area contributed by atoms with Crippen molar-refractivity contribution in [1.82, 2.24) is 14.9 Å². The van der Waals surface area contributed by atoms with Gasteiger partial charge in [0.15, 0.2) is 0 Å². The molecule has 2 heterocycles. The highest BCUT2D eigenvalue weighted by atomic mass is 16.5. The molecule has 0 spiro atoms. The highest BCUT2D eigenvalue weighted by Gasteiger charge is 2.31. The minimum Gasteiger partial charge on any atom is -0.463 e. The number of amides is 1. The number of nitriles is 1. The SMILES string of the molecule is C=CC(=O)N1CCN(c2nc(OCCCCC)nc(C)c2CC)CC1CC#N. The molecule has 1 unspecified atom stereocenters. The first kappa shape index (κ1) is 21.7. The van der Waals surface area contributed by atoms with Crippen molar-refractivity contribution in [2.75, 3.05) is 31.1 Å². The first-order chi connectivity index (χ1) is 13.5. The molecule has 0 aromatic carbocycles. The number of carbonyl (C=O) groups is 1. The van der Waals surface area contributed by atoms with E-state index in [0.29, 0.717) is 32.3 Å². The van der Waals surface area contributed by atoms with Crippen LogP contribution in [0, 0.1) is 18.3 Å². The van der Waals surface area contributed by atoms with Gasteiger partial charge in [0.05, 0.1) is 25.1 Å². The largest absolute Gasteiger partial charge is 0.463 e. The number of hydrogen-bond acceptors (Lipinski definition) is 6. The molecule has 0 aliphatic carbocycles. The van der Waals surface area contributed by atoms with Gasteiger partial charge in [-0.25, -0.2) is 4.98 Å². The lowest BCUT2D eigenvalue weighted by molar-refractivity contribution is -0.128. The molecule has 7 nitrogen and oxygen atoms in total. The third kappa shape index (κ3) is 5.22. The number of unbranched alkanes of at least 4 members (excludes halogenated alkanes) is 2. The van der Waals surface area contributed by atoms with Crippen molar-refractivity contribution in [3.63, 3.8) is 0 Å². The predicted molar refractivity (Wildman–Crippen MR) is 109 cm³/mol. The van der Waals surface area contributed by atoms with Crippen LogP contribution in [0.1, 0.15) is 50.8 Å². The molecular formula is C21H31N5O2. The Bertz CT molecular complexity index is 728. The Kier molecular flexibility index (Phi) is 8.24. The number of piperazine rings is 1. The van der Waals surface area contributed by atoms with E-state index in [1.807, 2.05) is 6.92 Å². The molecule has 2 rings (SSSR count). The molecule has 28 heavy (non-hydrogen) atoms. The van der Waals surface area contributed by atoms with Crippen molar-refractivity contribution < 1.29 is 9.53 Å². The molecule has 1 aliphatic heterocycles. The highest BCUT2D eigenvalue weighted by Crippen LogP contribution is 2.27.